The largest absolute Gasteiger partial charge is 0.335 e. The second-order valence-electron chi connectivity index (χ2n) is 5.27. The molecule has 0 radical (unpaired) electrons. The fourth-order valence-electron chi connectivity index (χ4n) is 2.48. The summed E-state index contributed by atoms with van der Waals surface area (Å²) < 4.78 is 14.4. The molecule has 8 nitrogen and oxygen atoms in total. The van der Waals surface area contributed by atoms with Gasteiger partial charge in [0.2, 0.25) is 0 Å². The van der Waals surface area contributed by atoms with Crippen LogP contribution < -0.4 is 22.1 Å². The molecule has 1 aliphatic heterocycles. The second kappa shape index (κ2) is 9.52. The SMILES string of the molecule is CCc1nnc(N/N=C/C2CNNC2c2ccc(F)cc2)n1N.Cl.Cl. The molecule has 0 aliphatic carbocycles. The van der Waals surface area contributed by atoms with Gasteiger partial charge < -0.3 is 5.84 Å². The Labute approximate surface area is 157 Å². The quantitative estimate of drug-likeness (QED) is 0.349. The minimum atomic E-state index is -0.249. The lowest BCUT2D eigenvalue weighted by molar-refractivity contribution is 0.554. The Kier molecular flexibility index (Phi) is 8.04. The van der Waals surface area contributed by atoms with Gasteiger partial charge in [-0.25, -0.2) is 19.9 Å². The molecule has 0 saturated carbocycles. The summed E-state index contributed by atoms with van der Waals surface area (Å²) in [5, 5.41) is 12.1. The predicted octanol–water partition coefficient (Wildman–Crippen LogP) is 1.40. The maximum absolute atomic E-state index is 13.0. The summed E-state index contributed by atoms with van der Waals surface area (Å²) in [6, 6.07) is 6.44. The Hall–Kier alpha value is -1.94. The van der Waals surface area contributed by atoms with Gasteiger partial charge in [0.05, 0.1) is 6.04 Å². The molecule has 0 spiro atoms. The number of benzene rings is 1. The van der Waals surface area contributed by atoms with E-state index in [2.05, 4.69) is 31.6 Å². The van der Waals surface area contributed by atoms with Crippen molar-refractivity contribution in [3.05, 3.63) is 41.5 Å². The van der Waals surface area contributed by atoms with Crippen molar-refractivity contribution in [3.63, 3.8) is 0 Å². The van der Waals surface area contributed by atoms with Gasteiger partial charge in [-0.15, -0.1) is 35.0 Å². The van der Waals surface area contributed by atoms with E-state index in [0.29, 0.717) is 24.7 Å². The van der Waals surface area contributed by atoms with Gasteiger partial charge in [-0.3, -0.25) is 5.43 Å². The number of aromatic nitrogens is 3. The molecule has 2 atom stereocenters. The number of hydrogen-bond acceptors (Lipinski definition) is 7. The van der Waals surface area contributed by atoms with Gasteiger partial charge in [-0.1, -0.05) is 19.1 Å². The number of rotatable bonds is 5. The van der Waals surface area contributed by atoms with Gasteiger partial charge in [0, 0.05) is 25.1 Å². The van der Waals surface area contributed by atoms with Gasteiger partial charge in [0.25, 0.3) is 5.95 Å². The number of nitrogens with zero attached hydrogens (tertiary/aromatic N) is 4. The number of hydrogen-bond donors (Lipinski definition) is 4. The molecule has 11 heteroatoms. The molecule has 1 aromatic heterocycles. The predicted molar refractivity (Wildman–Crippen MR) is 99.9 cm³/mol. The van der Waals surface area contributed by atoms with Gasteiger partial charge >= 0.3 is 0 Å². The van der Waals surface area contributed by atoms with Crippen LogP contribution in [0.25, 0.3) is 0 Å². The standard InChI is InChI=1S/C14H19FN8.2ClH/c1-2-12-19-22-14(23(12)16)21-18-8-10-7-17-20-13(10)9-3-5-11(15)6-4-9;;/h3-6,8,10,13,17,20H,2,7,16H2,1H3,(H,21,22);2*1H/b18-8+;;. The van der Waals surface area contributed by atoms with Crippen molar-refractivity contribution in [2.45, 2.75) is 19.4 Å². The van der Waals surface area contributed by atoms with E-state index in [4.69, 9.17) is 5.84 Å². The van der Waals surface area contributed by atoms with Crippen molar-refractivity contribution in [2.75, 3.05) is 17.8 Å². The summed E-state index contributed by atoms with van der Waals surface area (Å²) in [6.07, 6.45) is 2.47. The van der Waals surface area contributed by atoms with E-state index in [1.165, 1.54) is 16.8 Å². The smallest absolute Gasteiger partial charge is 0.263 e. The van der Waals surface area contributed by atoms with E-state index in [9.17, 15) is 4.39 Å². The molecule has 5 N–H and O–H groups in total. The first-order valence-electron chi connectivity index (χ1n) is 7.41. The number of nitrogen functional groups attached to an aromatic ring is 1. The topological polar surface area (TPSA) is 105 Å². The number of hydrazone groups is 1. The van der Waals surface area contributed by atoms with Crippen molar-refractivity contribution in [2.24, 2.45) is 11.0 Å². The van der Waals surface area contributed by atoms with Crippen LogP contribution in [-0.2, 0) is 6.42 Å². The molecule has 2 unspecified atom stereocenters. The van der Waals surface area contributed by atoms with Crippen LogP contribution in [0, 0.1) is 11.7 Å². The molecular formula is C14H21Cl2FN8. The molecule has 1 aliphatic rings. The number of nitrogens with one attached hydrogen (secondary N) is 3. The van der Waals surface area contributed by atoms with Crippen LogP contribution >= 0.6 is 24.8 Å². The van der Waals surface area contributed by atoms with Crippen LogP contribution in [0.15, 0.2) is 29.4 Å². The number of hydrazine groups is 1. The molecule has 2 aromatic rings. The second-order valence-corrected chi connectivity index (χ2v) is 5.27. The van der Waals surface area contributed by atoms with Crippen LogP contribution in [0.1, 0.15) is 24.4 Å². The molecule has 1 fully saturated rings. The summed E-state index contributed by atoms with van der Waals surface area (Å²) in [5.74, 6) is 6.75. The highest BCUT2D eigenvalue weighted by Gasteiger charge is 2.26. The maximum Gasteiger partial charge on any atom is 0.263 e. The Balaban J connectivity index is 0.00000156. The van der Waals surface area contributed by atoms with Crippen LogP contribution in [0.4, 0.5) is 10.3 Å². The third-order valence-corrected chi connectivity index (χ3v) is 3.77. The van der Waals surface area contributed by atoms with Crippen LogP contribution in [0.5, 0.6) is 0 Å². The molecule has 1 aromatic carbocycles. The van der Waals surface area contributed by atoms with E-state index in [1.807, 2.05) is 6.92 Å². The minimum absolute atomic E-state index is 0. The zero-order valence-electron chi connectivity index (χ0n) is 13.5. The highest BCUT2D eigenvalue weighted by molar-refractivity contribution is 5.85. The number of nitrogens with two attached hydrogens (primary N) is 1. The van der Waals surface area contributed by atoms with E-state index in [0.717, 1.165) is 5.56 Å². The number of anilines is 1. The lowest BCUT2D eigenvalue weighted by atomic mass is 9.96. The van der Waals surface area contributed by atoms with Crippen LogP contribution in [0.3, 0.4) is 0 Å². The number of halogens is 3. The average molecular weight is 391 g/mol. The first-order valence-corrected chi connectivity index (χ1v) is 7.41. The van der Waals surface area contributed by atoms with Gasteiger partial charge in [0.1, 0.15) is 5.82 Å². The van der Waals surface area contributed by atoms with Crippen molar-refractivity contribution in [1.29, 1.82) is 0 Å². The fraction of sp³-hybridized carbons (Fsp3) is 0.357. The zero-order valence-corrected chi connectivity index (χ0v) is 15.1. The summed E-state index contributed by atoms with van der Waals surface area (Å²) >= 11 is 0. The van der Waals surface area contributed by atoms with Crippen molar-refractivity contribution >= 4 is 37.0 Å². The van der Waals surface area contributed by atoms with E-state index in [1.54, 1.807) is 18.3 Å². The highest BCUT2D eigenvalue weighted by Crippen LogP contribution is 2.23. The Morgan fingerprint density at radius 2 is 2.08 bits per heavy atom. The van der Waals surface area contributed by atoms with Crippen molar-refractivity contribution < 1.29 is 4.39 Å². The van der Waals surface area contributed by atoms with Gasteiger partial charge in [-0.2, -0.15) is 5.10 Å². The Morgan fingerprint density at radius 3 is 2.72 bits per heavy atom. The van der Waals surface area contributed by atoms with Crippen LogP contribution in [-0.4, -0.2) is 27.6 Å². The minimum Gasteiger partial charge on any atom is -0.335 e. The molecule has 0 bridgehead atoms. The Morgan fingerprint density at radius 1 is 1.36 bits per heavy atom. The molecule has 1 saturated heterocycles. The maximum atomic E-state index is 13.0. The monoisotopic (exact) mass is 390 g/mol. The van der Waals surface area contributed by atoms with Gasteiger partial charge in [0.15, 0.2) is 5.82 Å². The molecule has 2 heterocycles. The summed E-state index contributed by atoms with van der Waals surface area (Å²) in [5.41, 5.74) is 10.0. The summed E-state index contributed by atoms with van der Waals surface area (Å²) in [6.45, 7) is 2.66. The zero-order chi connectivity index (χ0) is 16.2. The Bertz CT molecular complexity index is 691. The first-order chi connectivity index (χ1) is 11.2. The summed E-state index contributed by atoms with van der Waals surface area (Å²) in [7, 11) is 0. The van der Waals surface area contributed by atoms with Crippen molar-refractivity contribution in [3.8, 4) is 0 Å². The summed E-state index contributed by atoms with van der Waals surface area (Å²) in [4.78, 5) is 0. The van der Waals surface area contributed by atoms with Gasteiger partial charge in [-0.05, 0) is 17.7 Å². The molecule has 138 valence electrons. The normalized spacial score (nSPS) is 19.4. The fourth-order valence-corrected chi connectivity index (χ4v) is 2.48. The third-order valence-electron chi connectivity index (χ3n) is 3.77. The van der Waals surface area contributed by atoms with Crippen molar-refractivity contribution in [1.82, 2.24) is 25.7 Å². The molecular weight excluding hydrogens is 370 g/mol. The molecule has 3 rings (SSSR count). The van der Waals surface area contributed by atoms with E-state index in [-0.39, 0.29) is 42.6 Å². The van der Waals surface area contributed by atoms with E-state index < -0.39 is 0 Å². The van der Waals surface area contributed by atoms with Crippen LogP contribution in [0.2, 0.25) is 0 Å². The lowest BCUT2D eigenvalue weighted by Crippen LogP contribution is -2.25. The third kappa shape index (κ3) is 4.79. The first kappa shape index (κ1) is 21.1. The lowest BCUT2D eigenvalue weighted by Gasteiger charge is -2.15. The average Bonchev–Trinajstić information content (AvgIpc) is 3.16. The van der Waals surface area contributed by atoms with E-state index >= 15 is 0 Å². The molecule has 0 amide bonds. The molecule has 25 heavy (non-hydrogen) atoms. The highest BCUT2D eigenvalue weighted by atomic mass is 35.5. The number of aryl methyl sites for hydroxylation is 1.